The van der Waals surface area contributed by atoms with Gasteiger partial charge in [0.25, 0.3) is 0 Å². The van der Waals surface area contributed by atoms with Crippen molar-refractivity contribution in [2.75, 3.05) is 7.11 Å². The molecule has 0 aliphatic carbocycles. The minimum atomic E-state index is -0.116. The molecular weight excluding hydrogens is 260 g/mol. The Labute approximate surface area is 132 Å². The third kappa shape index (κ3) is 17.2. The van der Waals surface area contributed by atoms with Crippen molar-refractivity contribution in [3.8, 4) is 0 Å². The SMILES string of the molecule is CCCCCCCCCCCCC/C=C\CCC(=O)OC. The molecule has 0 unspecified atom stereocenters. The molecule has 0 aliphatic heterocycles. The molecule has 0 rings (SSSR count). The van der Waals surface area contributed by atoms with Crippen molar-refractivity contribution in [3.63, 3.8) is 0 Å². The number of ether oxygens (including phenoxy) is 1. The first kappa shape index (κ1) is 20.2. The summed E-state index contributed by atoms with van der Waals surface area (Å²) in [7, 11) is 1.44. The molecule has 0 bridgehead atoms. The summed E-state index contributed by atoms with van der Waals surface area (Å²) in [5.41, 5.74) is 0. The molecule has 0 atom stereocenters. The quantitative estimate of drug-likeness (QED) is 0.204. The Hall–Kier alpha value is -0.790. The lowest BCUT2D eigenvalue weighted by atomic mass is 10.1. The Kier molecular flexibility index (Phi) is 16.6. The number of hydrogen-bond acceptors (Lipinski definition) is 2. The summed E-state index contributed by atoms with van der Waals surface area (Å²) < 4.78 is 4.60. The maximum absolute atomic E-state index is 10.9. The van der Waals surface area contributed by atoms with Crippen LogP contribution in [0.3, 0.4) is 0 Å². The van der Waals surface area contributed by atoms with E-state index in [0.717, 1.165) is 12.8 Å². The molecular formula is C19H36O2. The first-order valence-corrected chi connectivity index (χ1v) is 9.03. The summed E-state index contributed by atoms with van der Waals surface area (Å²) in [4.78, 5) is 10.9. The highest BCUT2D eigenvalue weighted by Gasteiger charge is 1.95. The molecule has 0 aromatic rings. The van der Waals surface area contributed by atoms with Gasteiger partial charge in [0.05, 0.1) is 7.11 Å². The third-order valence-electron chi connectivity index (χ3n) is 3.88. The number of carbonyl (C=O) groups excluding carboxylic acids is 1. The maximum Gasteiger partial charge on any atom is 0.305 e. The second-order valence-electron chi connectivity index (χ2n) is 5.91. The summed E-state index contributed by atoms with van der Waals surface area (Å²) >= 11 is 0. The van der Waals surface area contributed by atoms with Gasteiger partial charge in [-0.1, -0.05) is 83.3 Å². The highest BCUT2D eigenvalue weighted by molar-refractivity contribution is 5.69. The van der Waals surface area contributed by atoms with Crippen LogP contribution in [0.4, 0.5) is 0 Å². The van der Waals surface area contributed by atoms with Crippen LogP contribution in [0.5, 0.6) is 0 Å². The van der Waals surface area contributed by atoms with Gasteiger partial charge in [0.2, 0.25) is 0 Å². The van der Waals surface area contributed by atoms with E-state index >= 15 is 0 Å². The minimum absolute atomic E-state index is 0.116. The van der Waals surface area contributed by atoms with Crippen molar-refractivity contribution in [2.24, 2.45) is 0 Å². The molecule has 0 aromatic carbocycles. The van der Waals surface area contributed by atoms with Crippen LogP contribution in [-0.4, -0.2) is 13.1 Å². The van der Waals surface area contributed by atoms with Crippen molar-refractivity contribution in [2.45, 2.75) is 96.8 Å². The molecule has 0 N–H and O–H groups in total. The fourth-order valence-electron chi connectivity index (χ4n) is 2.47. The lowest BCUT2D eigenvalue weighted by Crippen LogP contribution is -1.97. The van der Waals surface area contributed by atoms with Gasteiger partial charge in [-0.3, -0.25) is 4.79 Å². The molecule has 0 heterocycles. The molecule has 0 fully saturated rings. The number of esters is 1. The van der Waals surface area contributed by atoms with E-state index in [2.05, 4.69) is 23.8 Å². The number of hydrogen-bond donors (Lipinski definition) is 0. The van der Waals surface area contributed by atoms with Crippen LogP contribution < -0.4 is 0 Å². The van der Waals surface area contributed by atoms with E-state index in [9.17, 15) is 4.79 Å². The standard InChI is InChI=1S/C19H36O2/c1-3-4-5-6-7-8-9-10-11-12-13-14-15-16-17-18-19(20)21-2/h15-16H,3-14,17-18H2,1-2H3/b16-15-. The first-order valence-electron chi connectivity index (χ1n) is 9.03. The van der Waals surface area contributed by atoms with E-state index in [4.69, 9.17) is 0 Å². The minimum Gasteiger partial charge on any atom is -0.469 e. The highest BCUT2D eigenvalue weighted by atomic mass is 16.5. The number of allylic oxidation sites excluding steroid dienone is 2. The molecule has 21 heavy (non-hydrogen) atoms. The van der Waals surface area contributed by atoms with Crippen molar-refractivity contribution < 1.29 is 9.53 Å². The lowest BCUT2D eigenvalue weighted by Gasteiger charge is -2.01. The Morgan fingerprint density at radius 2 is 1.24 bits per heavy atom. The van der Waals surface area contributed by atoms with Gasteiger partial charge in [-0.15, -0.1) is 0 Å². The second-order valence-corrected chi connectivity index (χ2v) is 5.91. The Morgan fingerprint density at radius 3 is 1.76 bits per heavy atom. The number of unbranched alkanes of at least 4 members (excludes halogenated alkanes) is 11. The van der Waals surface area contributed by atoms with E-state index in [1.165, 1.54) is 77.7 Å². The van der Waals surface area contributed by atoms with Crippen LogP contribution >= 0.6 is 0 Å². The summed E-state index contributed by atoms with van der Waals surface area (Å²) in [6, 6.07) is 0. The van der Waals surface area contributed by atoms with Crippen LogP contribution in [0, 0.1) is 0 Å². The zero-order valence-electron chi connectivity index (χ0n) is 14.4. The van der Waals surface area contributed by atoms with E-state index in [0.29, 0.717) is 6.42 Å². The predicted molar refractivity (Wildman–Crippen MR) is 91.5 cm³/mol. The average Bonchev–Trinajstić information content (AvgIpc) is 2.50. The molecule has 0 amide bonds. The van der Waals surface area contributed by atoms with E-state index < -0.39 is 0 Å². The number of rotatable bonds is 15. The van der Waals surface area contributed by atoms with Gasteiger partial charge in [-0.05, 0) is 19.3 Å². The monoisotopic (exact) mass is 296 g/mol. The van der Waals surface area contributed by atoms with Gasteiger partial charge in [0, 0.05) is 6.42 Å². The van der Waals surface area contributed by atoms with E-state index in [1.807, 2.05) is 0 Å². The number of carbonyl (C=O) groups is 1. The molecule has 0 aromatic heterocycles. The summed E-state index contributed by atoms with van der Waals surface area (Å²) in [6.45, 7) is 2.27. The summed E-state index contributed by atoms with van der Waals surface area (Å²) in [5.74, 6) is -0.116. The molecule has 0 aliphatic rings. The Morgan fingerprint density at radius 1 is 0.762 bits per heavy atom. The fraction of sp³-hybridized carbons (Fsp3) is 0.842. The molecule has 0 radical (unpaired) electrons. The third-order valence-corrected chi connectivity index (χ3v) is 3.88. The molecule has 0 spiro atoms. The van der Waals surface area contributed by atoms with Crippen molar-refractivity contribution >= 4 is 5.97 Å². The average molecular weight is 296 g/mol. The van der Waals surface area contributed by atoms with Gasteiger partial charge >= 0.3 is 5.97 Å². The van der Waals surface area contributed by atoms with Gasteiger partial charge < -0.3 is 4.74 Å². The normalized spacial score (nSPS) is 11.1. The van der Waals surface area contributed by atoms with Gasteiger partial charge in [-0.25, -0.2) is 0 Å². The largest absolute Gasteiger partial charge is 0.469 e. The van der Waals surface area contributed by atoms with Crippen molar-refractivity contribution in [1.82, 2.24) is 0 Å². The molecule has 2 heteroatoms. The number of methoxy groups -OCH3 is 1. The van der Waals surface area contributed by atoms with Crippen LogP contribution in [0.2, 0.25) is 0 Å². The molecule has 0 saturated heterocycles. The van der Waals surface area contributed by atoms with Crippen molar-refractivity contribution in [1.29, 1.82) is 0 Å². The first-order chi connectivity index (χ1) is 10.3. The Balaban J connectivity index is 3.08. The van der Waals surface area contributed by atoms with E-state index in [1.54, 1.807) is 0 Å². The van der Waals surface area contributed by atoms with Crippen molar-refractivity contribution in [3.05, 3.63) is 12.2 Å². The lowest BCUT2D eigenvalue weighted by molar-refractivity contribution is -0.140. The maximum atomic E-state index is 10.9. The zero-order chi connectivity index (χ0) is 15.6. The van der Waals surface area contributed by atoms with Crippen LogP contribution in [0.15, 0.2) is 12.2 Å². The molecule has 124 valence electrons. The second kappa shape index (κ2) is 17.3. The van der Waals surface area contributed by atoms with Gasteiger partial charge in [0.15, 0.2) is 0 Å². The topological polar surface area (TPSA) is 26.3 Å². The highest BCUT2D eigenvalue weighted by Crippen LogP contribution is 2.12. The Bertz CT molecular complexity index is 246. The fourth-order valence-corrected chi connectivity index (χ4v) is 2.47. The smallest absolute Gasteiger partial charge is 0.305 e. The van der Waals surface area contributed by atoms with Crippen LogP contribution in [-0.2, 0) is 9.53 Å². The van der Waals surface area contributed by atoms with E-state index in [-0.39, 0.29) is 5.97 Å². The predicted octanol–water partition coefficient (Wildman–Crippen LogP) is 6.20. The molecule has 2 nitrogen and oxygen atoms in total. The van der Waals surface area contributed by atoms with Crippen LogP contribution in [0.1, 0.15) is 96.8 Å². The summed E-state index contributed by atoms with van der Waals surface area (Å²) in [5, 5.41) is 0. The zero-order valence-corrected chi connectivity index (χ0v) is 14.4. The van der Waals surface area contributed by atoms with Gasteiger partial charge in [-0.2, -0.15) is 0 Å². The summed E-state index contributed by atoms with van der Waals surface area (Å²) in [6.07, 6.45) is 22.1. The molecule has 0 saturated carbocycles. The van der Waals surface area contributed by atoms with Gasteiger partial charge in [0.1, 0.15) is 0 Å². The van der Waals surface area contributed by atoms with Crippen LogP contribution in [0.25, 0.3) is 0 Å².